The summed E-state index contributed by atoms with van der Waals surface area (Å²) in [4.78, 5) is 16.0. The van der Waals surface area contributed by atoms with Crippen LogP contribution in [0.3, 0.4) is 0 Å². The van der Waals surface area contributed by atoms with Gasteiger partial charge in [-0.15, -0.1) is 0 Å². The first-order valence-corrected chi connectivity index (χ1v) is 6.69. The molecule has 0 aromatic carbocycles. The molecule has 0 radical (unpaired) electrons. The minimum absolute atomic E-state index is 0.0132. The van der Waals surface area contributed by atoms with Gasteiger partial charge in [-0.2, -0.15) is 10.5 Å². The van der Waals surface area contributed by atoms with Crippen molar-refractivity contribution in [3.05, 3.63) is 0 Å². The highest BCUT2D eigenvalue weighted by Gasteiger charge is 2.26. The van der Waals surface area contributed by atoms with Crippen LogP contribution in [0.2, 0.25) is 0 Å². The van der Waals surface area contributed by atoms with Crippen LogP contribution in [-0.2, 0) is 4.79 Å². The molecule has 1 rings (SSSR count). The van der Waals surface area contributed by atoms with Crippen LogP contribution in [0.1, 0.15) is 19.8 Å². The summed E-state index contributed by atoms with van der Waals surface area (Å²) in [5.74, 6) is 0.0132. The molecule has 0 spiro atoms. The molecule has 6 nitrogen and oxygen atoms in total. The van der Waals surface area contributed by atoms with Crippen LogP contribution in [0.5, 0.6) is 0 Å². The molecule has 1 aliphatic heterocycles. The molecule has 1 aliphatic rings. The maximum absolute atomic E-state index is 12.2. The number of carbonyl (C=O) groups excluding carboxylic acids is 1. The molecule has 0 aromatic rings. The Morgan fingerprint density at radius 2 is 1.84 bits per heavy atom. The van der Waals surface area contributed by atoms with Gasteiger partial charge < -0.3 is 10.2 Å². The van der Waals surface area contributed by atoms with Gasteiger partial charge in [0.2, 0.25) is 5.91 Å². The molecule has 0 saturated carbocycles. The largest absolute Gasteiger partial charge is 0.340 e. The molecule has 0 atom stereocenters. The van der Waals surface area contributed by atoms with Gasteiger partial charge in [-0.05, 0) is 6.54 Å². The van der Waals surface area contributed by atoms with E-state index in [1.807, 2.05) is 19.1 Å². The number of likely N-dealkylation sites (N-methyl/N-ethyl adjacent to an activating group) is 1. The number of rotatable bonds is 8. The fraction of sp³-hybridized carbons (Fsp3) is 0.769. The SMILES string of the molecule is CCN(CC(=O)N(CCC#N)CCC#N)C1CNC1. The summed E-state index contributed by atoms with van der Waals surface area (Å²) in [5.41, 5.74) is 0. The van der Waals surface area contributed by atoms with Crippen molar-refractivity contribution in [3.8, 4) is 12.1 Å². The topological polar surface area (TPSA) is 83.2 Å². The first kappa shape index (κ1) is 15.4. The minimum Gasteiger partial charge on any atom is -0.340 e. The third kappa shape index (κ3) is 4.86. The van der Waals surface area contributed by atoms with Crippen LogP contribution in [-0.4, -0.2) is 61.0 Å². The highest BCUT2D eigenvalue weighted by Crippen LogP contribution is 2.06. The average Bonchev–Trinajstić information content (AvgIpc) is 2.35. The lowest BCUT2D eigenvalue weighted by Gasteiger charge is -2.38. The predicted molar refractivity (Wildman–Crippen MR) is 70.9 cm³/mol. The molecule has 0 unspecified atom stereocenters. The van der Waals surface area contributed by atoms with E-state index < -0.39 is 0 Å². The first-order valence-electron chi connectivity index (χ1n) is 6.69. The highest BCUT2D eigenvalue weighted by atomic mass is 16.2. The molecule has 1 heterocycles. The lowest BCUT2D eigenvalue weighted by Crippen LogP contribution is -2.59. The quantitative estimate of drug-likeness (QED) is 0.663. The summed E-state index contributed by atoms with van der Waals surface area (Å²) < 4.78 is 0. The van der Waals surface area contributed by atoms with Crippen LogP contribution in [0, 0.1) is 22.7 Å². The monoisotopic (exact) mass is 263 g/mol. The zero-order chi connectivity index (χ0) is 14.1. The van der Waals surface area contributed by atoms with Gasteiger partial charge in [-0.1, -0.05) is 6.92 Å². The van der Waals surface area contributed by atoms with E-state index in [0.29, 0.717) is 38.5 Å². The van der Waals surface area contributed by atoms with Gasteiger partial charge in [0.1, 0.15) is 0 Å². The molecule has 1 amide bonds. The number of nitriles is 2. The summed E-state index contributed by atoms with van der Waals surface area (Å²) in [5, 5.41) is 20.4. The lowest BCUT2D eigenvalue weighted by atomic mass is 10.1. The summed E-state index contributed by atoms with van der Waals surface area (Å²) in [6.07, 6.45) is 0.628. The fourth-order valence-electron chi connectivity index (χ4n) is 2.04. The average molecular weight is 263 g/mol. The van der Waals surface area contributed by atoms with Gasteiger partial charge >= 0.3 is 0 Å². The van der Waals surface area contributed by atoms with Crippen LogP contribution in [0.4, 0.5) is 0 Å². The van der Waals surface area contributed by atoms with E-state index in [1.54, 1.807) is 4.90 Å². The molecule has 19 heavy (non-hydrogen) atoms. The Bertz CT molecular complexity index is 348. The number of carbonyl (C=O) groups is 1. The van der Waals surface area contributed by atoms with Crippen LogP contribution >= 0.6 is 0 Å². The van der Waals surface area contributed by atoms with Crippen LogP contribution in [0.15, 0.2) is 0 Å². The van der Waals surface area contributed by atoms with Crippen LogP contribution < -0.4 is 5.32 Å². The summed E-state index contributed by atoms with van der Waals surface area (Å²) in [6, 6.07) is 4.52. The summed E-state index contributed by atoms with van der Waals surface area (Å²) in [7, 11) is 0. The Morgan fingerprint density at radius 3 is 2.21 bits per heavy atom. The van der Waals surface area contributed by atoms with Gasteiger partial charge in [0.15, 0.2) is 0 Å². The first-order chi connectivity index (χ1) is 9.22. The van der Waals surface area contributed by atoms with Crippen molar-refractivity contribution in [1.29, 1.82) is 10.5 Å². The lowest BCUT2D eigenvalue weighted by molar-refractivity contribution is -0.133. The third-order valence-electron chi connectivity index (χ3n) is 3.36. The predicted octanol–water partition coefficient (Wildman–Crippen LogP) is -0.0639. The zero-order valence-electron chi connectivity index (χ0n) is 11.4. The van der Waals surface area contributed by atoms with Gasteiger partial charge in [0.25, 0.3) is 0 Å². The molecule has 104 valence electrons. The van der Waals surface area contributed by atoms with Gasteiger partial charge in [0.05, 0.1) is 31.5 Å². The molecular formula is C13H21N5O. The minimum atomic E-state index is 0.0132. The van der Waals surface area contributed by atoms with Crippen molar-refractivity contribution in [2.45, 2.75) is 25.8 Å². The number of hydrogen-bond donors (Lipinski definition) is 1. The van der Waals surface area contributed by atoms with Crippen LogP contribution in [0.25, 0.3) is 0 Å². The number of amides is 1. The van der Waals surface area contributed by atoms with Gasteiger partial charge in [-0.3, -0.25) is 9.69 Å². The van der Waals surface area contributed by atoms with Crippen molar-refractivity contribution < 1.29 is 4.79 Å². The van der Waals surface area contributed by atoms with Crippen molar-refractivity contribution >= 4 is 5.91 Å². The summed E-state index contributed by atoms with van der Waals surface area (Å²) in [6.45, 7) is 5.94. The molecule has 0 aromatic heterocycles. The fourth-order valence-corrected chi connectivity index (χ4v) is 2.04. The normalized spacial score (nSPS) is 14.5. The Labute approximate surface area is 114 Å². The smallest absolute Gasteiger partial charge is 0.236 e. The van der Waals surface area contributed by atoms with E-state index in [-0.39, 0.29) is 5.91 Å². The van der Waals surface area contributed by atoms with E-state index in [4.69, 9.17) is 10.5 Å². The molecule has 0 aliphatic carbocycles. The molecular weight excluding hydrogens is 242 g/mol. The second kappa shape index (κ2) is 8.47. The Hall–Kier alpha value is -1.63. The second-order valence-corrected chi connectivity index (χ2v) is 4.57. The van der Waals surface area contributed by atoms with Gasteiger partial charge in [-0.25, -0.2) is 0 Å². The highest BCUT2D eigenvalue weighted by molar-refractivity contribution is 5.78. The summed E-state index contributed by atoms with van der Waals surface area (Å²) >= 11 is 0. The van der Waals surface area contributed by atoms with E-state index in [2.05, 4.69) is 10.2 Å². The van der Waals surface area contributed by atoms with Crippen molar-refractivity contribution in [2.24, 2.45) is 0 Å². The molecule has 0 bridgehead atoms. The zero-order valence-corrected chi connectivity index (χ0v) is 11.4. The number of hydrogen-bond acceptors (Lipinski definition) is 5. The van der Waals surface area contributed by atoms with Crippen molar-refractivity contribution in [1.82, 2.24) is 15.1 Å². The van der Waals surface area contributed by atoms with E-state index in [0.717, 1.165) is 19.6 Å². The van der Waals surface area contributed by atoms with E-state index in [1.165, 1.54) is 0 Å². The van der Waals surface area contributed by atoms with Gasteiger partial charge in [0, 0.05) is 32.2 Å². The van der Waals surface area contributed by atoms with Crippen molar-refractivity contribution in [3.63, 3.8) is 0 Å². The Morgan fingerprint density at radius 1 is 1.26 bits per heavy atom. The molecule has 6 heteroatoms. The molecule has 1 saturated heterocycles. The van der Waals surface area contributed by atoms with E-state index >= 15 is 0 Å². The molecule has 1 fully saturated rings. The Balaban J connectivity index is 2.49. The van der Waals surface area contributed by atoms with E-state index in [9.17, 15) is 4.79 Å². The second-order valence-electron chi connectivity index (χ2n) is 4.57. The third-order valence-corrected chi connectivity index (χ3v) is 3.36. The maximum Gasteiger partial charge on any atom is 0.236 e. The number of nitrogens with one attached hydrogen (secondary N) is 1. The number of nitrogens with zero attached hydrogens (tertiary/aromatic N) is 4. The standard InChI is InChI=1S/C13H21N5O/c1-2-17(12-9-16-10-12)11-13(19)18(7-3-5-14)8-4-6-15/h12,16H,2-4,7-11H2,1H3. The molecule has 1 N–H and O–H groups in total. The Kier molecular flexibility index (Phi) is 6.88. The van der Waals surface area contributed by atoms with Crippen molar-refractivity contribution in [2.75, 3.05) is 39.3 Å². The maximum atomic E-state index is 12.2.